The molecule has 0 atom stereocenters. The van der Waals surface area contributed by atoms with Gasteiger partial charge in [0.25, 0.3) is 0 Å². The third-order valence-electron chi connectivity index (χ3n) is 4.93. The van der Waals surface area contributed by atoms with Gasteiger partial charge in [-0.2, -0.15) is 0 Å². The molecule has 3 N–H and O–H groups in total. The Morgan fingerprint density at radius 1 is 1.25 bits per heavy atom. The molecule has 150 valence electrons. The zero-order valence-corrected chi connectivity index (χ0v) is 16.5. The summed E-state index contributed by atoms with van der Waals surface area (Å²) in [6, 6.07) is 4.14. The first-order valence-corrected chi connectivity index (χ1v) is 9.97. The minimum absolute atomic E-state index is 0.0378. The number of hydrogen-bond acceptors (Lipinski definition) is 4. The first-order valence-electron chi connectivity index (χ1n) is 9.60. The molecule has 0 saturated heterocycles. The molecular formula is C20H25ClFN5O. The predicted molar refractivity (Wildman–Crippen MR) is 107 cm³/mol. The molecule has 1 aliphatic heterocycles. The highest BCUT2D eigenvalue weighted by atomic mass is 35.5. The van der Waals surface area contributed by atoms with Gasteiger partial charge in [0.05, 0.1) is 17.3 Å². The molecule has 0 spiro atoms. The van der Waals surface area contributed by atoms with E-state index in [9.17, 15) is 9.18 Å². The summed E-state index contributed by atoms with van der Waals surface area (Å²) in [5.41, 5.74) is 8.09. The number of anilines is 1. The Labute approximate surface area is 169 Å². The maximum atomic E-state index is 13.1. The van der Waals surface area contributed by atoms with Crippen molar-refractivity contribution in [2.75, 3.05) is 12.3 Å². The smallest absolute Gasteiger partial charge is 0.318 e. The van der Waals surface area contributed by atoms with Crippen LogP contribution in [0.5, 0.6) is 0 Å². The van der Waals surface area contributed by atoms with Crippen molar-refractivity contribution in [2.24, 2.45) is 0 Å². The van der Waals surface area contributed by atoms with Crippen LogP contribution in [0.15, 0.2) is 24.4 Å². The van der Waals surface area contributed by atoms with E-state index < -0.39 is 5.82 Å². The molecule has 2 aliphatic rings. The van der Waals surface area contributed by atoms with Crippen LogP contribution in [-0.2, 0) is 19.5 Å². The van der Waals surface area contributed by atoms with Gasteiger partial charge in [0, 0.05) is 19.3 Å². The third kappa shape index (κ3) is 5.55. The van der Waals surface area contributed by atoms with Crippen molar-refractivity contribution in [3.8, 4) is 0 Å². The van der Waals surface area contributed by atoms with E-state index in [0.29, 0.717) is 19.5 Å². The van der Waals surface area contributed by atoms with Crippen molar-refractivity contribution in [1.82, 2.24) is 20.2 Å². The van der Waals surface area contributed by atoms with Crippen molar-refractivity contribution < 1.29 is 9.18 Å². The number of aromatic nitrogens is 2. The maximum absolute atomic E-state index is 13.1. The summed E-state index contributed by atoms with van der Waals surface area (Å²) in [6.07, 6.45) is 9.89. The summed E-state index contributed by atoms with van der Waals surface area (Å²) in [6.45, 7) is 1.24. The van der Waals surface area contributed by atoms with E-state index in [-0.39, 0.29) is 23.5 Å². The zero-order valence-electron chi connectivity index (χ0n) is 15.8. The molecule has 1 aliphatic carbocycles. The van der Waals surface area contributed by atoms with Gasteiger partial charge in [-0.3, -0.25) is 0 Å². The SMILES string of the molecule is C1CCCC1.Nc1ncc2c(n1)CN(C(=O)NCc1ccc(F)c(Cl)c1)CC2. The van der Waals surface area contributed by atoms with E-state index in [1.165, 1.54) is 44.2 Å². The molecule has 1 saturated carbocycles. The van der Waals surface area contributed by atoms with E-state index >= 15 is 0 Å². The van der Waals surface area contributed by atoms with Crippen LogP contribution in [0.3, 0.4) is 0 Å². The van der Waals surface area contributed by atoms with Gasteiger partial charge in [-0.1, -0.05) is 49.8 Å². The average Bonchev–Trinajstić information content (AvgIpc) is 3.28. The number of urea groups is 1. The second-order valence-electron chi connectivity index (χ2n) is 7.05. The Balaban J connectivity index is 0.000000391. The summed E-state index contributed by atoms with van der Waals surface area (Å²) in [5.74, 6) is -0.279. The second-order valence-corrected chi connectivity index (χ2v) is 7.45. The lowest BCUT2D eigenvalue weighted by Crippen LogP contribution is -2.42. The minimum Gasteiger partial charge on any atom is -0.368 e. The van der Waals surface area contributed by atoms with Gasteiger partial charge in [0.15, 0.2) is 0 Å². The average molecular weight is 406 g/mol. The molecule has 2 amide bonds. The monoisotopic (exact) mass is 405 g/mol. The van der Waals surface area contributed by atoms with Gasteiger partial charge in [-0.15, -0.1) is 0 Å². The normalized spacial score (nSPS) is 15.4. The van der Waals surface area contributed by atoms with Crippen LogP contribution in [0, 0.1) is 5.82 Å². The van der Waals surface area contributed by atoms with Crippen LogP contribution in [0.25, 0.3) is 0 Å². The van der Waals surface area contributed by atoms with Gasteiger partial charge < -0.3 is 16.0 Å². The molecule has 0 bridgehead atoms. The molecule has 8 heteroatoms. The highest BCUT2D eigenvalue weighted by Crippen LogP contribution is 2.18. The lowest BCUT2D eigenvalue weighted by molar-refractivity contribution is 0.191. The van der Waals surface area contributed by atoms with E-state index in [1.54, 1.807) is 17.2 Å². The Morgan fingerprint density at radius 2 is 1.96 bits per heavy atom. The highest BCUT2D eigenvalue weighted by Gasteiger charge is 2.22. The molecule has 28 heavy (non-hydrogen) atoms. The van der Waals surface area contributed by atoms with Crippen LogP contribution < -0.4 is 11.1 Å². The lowest BCUT2D eigenvalue weighted by Gasteiger charge is -2.28. The van der Waals surface area contributed by atoms with E-state index in [1.807, 2.05) is 0 Å². The van der Waals surface area contributed by atoms with Gasteiger partial charge >= 0.3 is 6.03 Å². The molecule has 2 aromatic rings. The topological polar surface area (TPSA) is 84.1 Å². The molecule has 6 nitrogen and oxygen atoms in total. The van der Waals surface area contributed by atoms with Crippen LogP contribution in [-0.4, -0.2) is 27.4 Å². The minimum atomic E-state index is -0.480. The van der Waals surface area contributed by atoms with Gasteiger partial charge in [-0.25, -0.2) is 19.2 Å². The van der Waals surface area contributed by atoms with E-state index in [4.69, 9.17) is 17.3 Å². The van der Waals surface area contributed by atoms with Crippen molar-refractivity contribution in [1.29, 1.82) is 0 Å². The van der Waals surface area contributed by atoms with Crippen molar-refractivity contribution in [3.05, 3.63) is 52.1 Å². The molecule has 4 rings (SSSR count). The quantitative estimate of drug-likeness (QED) is 0.788. The van der Waals surface area contributed by atoms with Gasteiger partial charge in [0.2, 0.25) is 5.95 Å². The lowest BCUT2D eigenvalue weighted by atomic mass is 10.1. The number of hydrogen-bond donors (Lipinski definition) is 2. The number of benzene rings is 1. The Kier molecular flexibility index (Phi) is 7.03. The standard InChI is InChI=1S/C15H15ClFN5O.C5H10/c16-11-5-9(1-2-12(11)17)6-20-15(23)22-4-3-10-7-19-14(18)21-13(10)8-22;1-2-4-5-3-1/h1-2,5,7H,3-4,6,8H2,(H,20,23)(H2,18,19,21);1-5H2. The van der Waals surface area contributed by atoms with Crippen LogP contribution >= 0.6 is 11.6 Å². The van der Waals surface area contributed by atoms with Crippen molar-refractivity contribution >= 4 is 23.6 Å². The maximum Gasteiger partial charge on any atom is 0.318 e. The summed E-state index contributed by atoms with van der Waals surface area (Å²) < 4.78 is 13.1. The highest BCUT2D eigenvalue weighted by molar-refractivity contribution is 6.30. The van der Waals surface area contributed by atoms with Crippen molar-refractivity contribution in [3.63, 3.8) is 0 Å². The van der Waals surface area contributed by atoms with Crippen LogP contribution in [0.1, 0.15) is 48.9 Å². The number of amides is 2. The Bertz CT molecular complexity index is 821. The number of nitrogens with zero attached hydrogens (tertiary/aromatic N) is 3. The zero-order chi connectivity index (χ0) is 19.9. The second kappa shape index (κ2) is 9.68. The van der Waals surface area contributed by atoms with E-state index in [2.05, 4.69) is 15.3 Å². The van der Waals surface area contributed by atoms with E-state index in [0.717, 1.165) is 16.8 Å². The first kappa shape index (κ1) is 20.3. The summed E-state index contributed by atoms with van der Waals surface area (Å²) >= 11 is 5.72. The predicted octanol–water partition coefficient (Wildman–Crippen LogP) is 4.07. The molecule has 1 fully saturated rings. The summed E-state index contributed by atoms with van der Waals surface area (Å²) in [7, 11) is 0. The number of nitrogen functional groups attached to an aromatic ring is 1. The first-order chi connectivity index (χ1) is 13.5. The fourth-order valence-corrected chi connectivity index (χ4v) is 3.52. The number of carbonyl (C=O) groups is 1. The summed E-state index contributed by atoms with van der Waals surface area (Å²) in [4.78, 5) is 22.0. The Hall–Kier alpha value is -2.41. The number of nitrogens with two attached hydrogens (primary N) is 1. The molecule has 1 aromatic carbocycles. The molecule has 1 aromatic heterocycles. The molecular weight excluding hydrogens is 381 g/mol. The van der Waals surface area contributed by atoms with Gasteiger partial charge in [-0.05, 0) is 29.7 Å². The summed E-state index contributed by atoms with van der Waals surface area (Å²) in [5, 5.41) is 2.83. The van der Waals surface area contributed by atoms with Crippen LogP contribution in [0.4, 0.5) is 15.1 Å². The number of carbonyl (C=O) groups excluding carboxylic acids is 1. The third-order valence-corrected chi connectivity index (χ3v) is 5.22. The Morgan fingerprint density at radius 3 is 2.64 bits per heavy atom. The number of halogens is 2. The van der Waals surface area contributed by atoms with Gasteiger partial charge in [0.1, 0.15) is 5.82 Å². The number of fused-ring (bicyclic) bond motifs is 1. The van der Waals surface area contributed by atoms with Crippen molar-refractivity contribution in [2.45, 2.75) is 51.6 Å². The number of rotatable bonds is 2. The molecule has 2 heterocycles. The number of nitrogens with one attached hydrogen (secondary N) is 1. The molecule has 0 unspecified atom stereocenters. The van der Waals surface area contributed by atoms with Crippen LogP contribution in [0.2, 0.25) is 5.02 Å². The largest absolute Gasteiger partial charge is 0.368 e. The molecule has 0 radical (unpaired) electrons. The fraction of sp³-hybridized carbons (Fsp3) is 0.450. The fourth-order valence-electron chi connectivity index (χ4n) is 3.31.